The molecule has 4 nitrogen and oxygen atoms in total. The Morgan fingerprint density at radius 2 is 1.70 bits per heavy atom. The molecule has 1 N–H and O–H groups in total. The van der Waals surface area contributed by atoms with Crippen molar-refractivity contribution in [1.29, 1.82) is 0 Å². The van der Waals surface area contributed by atoms with Crippen molar-refractivity contribution in [3.63, 3.8) is 0 Å². The average molecular weight is 322 g/mol. The molecule has 1 atom stereocenters. The Kier molecular flexibility index (Phi) is 6.21. The van der Waals surface area contributed by atoms with Crippen LogP contribution in [0.4, 0.5) is 4.79 Å². The summed E-state index contributed by atoms with van der Waals surface area (Å²) >= 11 is 0. The van der Waals surface area contributed by atoms with Crippen LogP contribution >= 0.6 is 0 Å². The molecule has 0 bridgehead atoms. The second kappa shape index (κ2) is 8.36. The van der Waals surface area contributed by atoms with Crippen molar-refractivity contribution >= 4 is 6.03 Å². The lowest BCUT2D eigenvalue weighted by molar-refractivity contribution is 0.118. The van der Waals surface area contributed by atoms with Gasteiger partial charge < -0.3 is 15.1 Å². The highest BCUT2D eigenvalue weighted by atomic mass is 16.2. The van der Waals surface area contributed by atoms with E-state index in [1.807, 2.05) is 0 Å². The van der Waals surface area contributed by atoms with E-state index in [-0.39, 0.29) is 6.03 Å². The van der Waals surface area contributed by atoms with Crippen LogP contribution in [0.3, 0.4) is 0 Å². The summed E-state index contributed by atoms with van der Waals surface area (Å²) in [6, 6.07) is 0.633. The van der Waals surface area contributed by atoms with Crippen LogP contribution in [-0.2, 0) is 0 Å². The van der Waals surface area contributed by atoms with E-state index in [4.69, 9.17) is 0 Å². The van der Waals surface area contributed by atoms with E-state index in [1.165, 1.54) is 77.4 Å². The first-order chi connectivity index (χ1) is 11.2. The van der Waals surface area contributed by atoms with Gasteiger partial charge in [0.25, 0.3) is 0 Å². The number of piperidine rings is 2. The highest BCUT2D eigenvalue weighted by Crippen LogP contribution is 2.22. The zero-order chi connectivity index (χ0) is 16.1. The topological polar surface area (TPSA) is 35.6 Å². The molecule has 132 valence electrons. The van der Waals surface area contributed by atoms with Gasteiger partial charge in [0, 0.05) is 25.7 Å². The summed E-state index contributed by atoms with van der Waals surface area (Å²) in [6.07, 6.45) is 11.4. The summed E-state index contributed by atoms with van der Waals surface area (Å²) in [7, 11) is 0. The monoisotopic (exact) mass is 321 g/mol. The summed E-state index contributed by atoms with van der Waals surface area (Å²) in [5.74, 6) is 1.57. The molecule has 23 heavy (non-hydrogen) atoms. The molecule has 2 aliphatic heterocycles. The summed E-state index contributed by atoms with van der Waals surface area (Å²) in [5.41, 5.74) is 0. The minimum absolute atomic E-state index is 0.203. The first-order valence-electron chi connectivity index (χ1n) is 9.98. The van der Waals surface area contributed by atoms with E-state index in [9.17, 15) is 4.79 Å². The normalized spacial score (nSPS) is 28.7. The molecule has 0 unspecified atom stereocenters. The first kappa shape index (κ1) is 17.1. The Hall–Kier alpha value is -0.770. The molecule has 0 aromatic heterocycles. The van der Waals surface area contributed by atoms with Gasteiger partial charge in [-0.2, -0.15) is 0 Å². The Morgan fingerprint density at radius 1 is 0.957 bits per heavy atom. The molecule has 3 fully saturated rings. The number of rotatable bonds is 3. The molecule has 0 radical (unpaired) electrons. The largest absolute Gasteiger partial charge is 0.335 e. The average Bonchev–Trinajstić information content (AvgIpc) is 2.58. The van der Waals surface area contributed by atoms with Crippen LogP contribution in [0.25, 0.3) is 0 Å². The van der Waals surface area contributed by atoms with Crippen molar-refractivity contribution in [3.8, 4) is 0 Å². The van der Waals surface area contributed by atoms with Crippen molar-refractivity contribution in [1.82, 2.24) is 15.1 Å². The van der Waals surface area contributed by atoms with E-state index >= 15 is 0 Å². The fourth-order valence-corrected chi connectivity index (χ4v) is 4.52. The Labute approximate surface area is 142 Å². The molecule has 2 amide bonds. The summed E-state index contributed by atoms with van der Waals surface area (Å²) in [4.78, 5) is 17.3. The smallest absolute Gasteiger partial charge is 0.317 e. The second-order valence-corrected chi connectivity index (χ2v) is 8.22. The standard InChI is InChI=1S/C19H35N3O/c1-16-9-12-21(13-10-16)14-17-6-5-11-22(15-17)19(23)20-18-7-3-2-4-8-18/h16-18H,2-15H2,1H3,(H,20,23)/t17-/m0/s1. The maximum Gasteiger partial charge on any atom is 0.317 e. The maximum atomic E-state index is 12.5. The van der Waals surface area contributed by atoms with Crippen LogP contribution in [-0.4, -0.2) is 54.6 Å². The van der Waals surface area contributed by atoms with Crippen molar-refractivity contribution in [2.24, 2.45) is 11.8 Å². The predicted molar refractivity (Wildman–Crippen MR) is 94.5 cm³/mol. The van der Waals surface area contributed by atoms with Gasteiger partial charge in [0.1, 0.15) is 0 Å². The first-order valence-corrected chi connectivity index (χ1v) is 9.98. The van der Waals surface area contributed by atoms with Crippen molar-refractivity contribution in [2.45, 2.75) is 70.8 Å². The number of carbonyl (C=O) groups excluding carboxylic acids is 1. The molecule has 0 spiro atoms. The van der Waals surface area contributed by atoms with Gasteiger partial charge in [0.15, 0.2) is 0 Å². The summed E-state index contributed by atoms with van der Waals surface area (Å²) in [6.45, 7) is 7.99. The number of likely N-dealkylation sites (tertiary alicyclic amines) is 2. The molecule has 4 heteroatoms. The second-order valence-electron chi connectivity index (χ2n) is 8.22. The zero-order valence-corrected chi connectivity index (χ0v) is 14.9. The third-order valence-electron chi connectivity index (χ3n) is 6.13. The van der Waals surface area contributed by atoms with Gasteiger partial charge in [0.05, 0.1) is 0 Å². The Morgan fingerprint density at radius 3 is 2.43 bits per heavy atom. The number of hydrogen-bond acceptors (Lipinski definition) is 2. The van der Waals surface area contributed by atoms with Crippen LogP contribution in [0, 0.1) is 11.8 Å². The number of carbonyl (C=O) groups is 1. The maximum absolute atomic E-state index is 12.5. The van der Waals surface area contributed by atoms with Crippen LogP contribution in [0.2, 0.25) is 0 Å². The van der Waals surface area contributed by atoms with E-state index in [0.717, 1.165) is 19.0 Å². The van der Waals surface area contributed by atoms with Gasteiger partial charge in [0.2, 0.25) is 0 Å². The van der Waals surface area contributed by atoms with Gasteiger partial charge in [-0.3, -0.25) is 0 Å². The SMILES string of the molecule is CC1CCN(C[C@@H]2CCCN(C(=O)NC3CCCCC3)C2)CC1. The van der Waals surface area contributed by atoms with Gasteiger partial charge >= 0.3 is 6.03 Å². The lowest BCUT2D eigenvalue weighted by Crippen LogP contribution is -2.50. The molecule has 3 rings (SSSR count). The van der Waals surface area contributed by atoms with E-state index in [2.05, 4.69) is 22.0 Å². The van der Waals surface area contributed by atoms with Gasteiger partial charge in [-0.05, 0) is 63.5 Å². The minimum Gasteiger partial charge on any atom is -0.335 e. The molecule has 3 aliphatic rings. The molecule has 0 aromatic rings. The number of nitrogens with one attached hydrogen (secondary N) is 1. The third kappa shape index (κ3) is 5.10. The summed E-state index contributed by atoms with van der Waals surface area (Å²) < 4.78 is 0. The molecule has 0 aromatic carbocycles. The highest BCUT2D eigenvalue weighted by molar-refractivity contribution is 5.74. The van der Waals surface area contributed by atoms with Crippen LogP contribution in [0.5, 0.6) is 0 Å². The van der Waals surface area contributed by atoms with Crippen LogP contribution < -0.4 is 5.32 Å². The predicted octanol–water partition coefficient (Wildman–Crippen LogP) is 3.47. The lowest BCUT2D eigenvalue weighted by atomic mass is 9.94. The van der Waals surface area contributed by atoms with Crippen molar-refractivity contribution in [3.05, 3.63) is 0 Å². The van der Waals surface area contributed by atoms with Gasteiger partial charge in [-0.1, -0.05) is 26.2 Å². The fourth-order valence-electron chi connectivity index (χ4n) is 4.52. The van der Waals surface area contributed by atoms with Crippen LogP contribution in [0.15, 0.2) is 0 Å². The van der Waals surface area contributed by atoms with E-state index in [0.29, 0.717) is 12.0 Å². The fraction of sp³-hybridized carbons (Fsp3) is 0.947. The van der Waals surface area contributed by atoms with E-state index in [1.54, 1.807) is 0 Å². The number of urea groups is 1. The molecular weight excluding hydrogens is 286 g/mol. The zero-order valence-electron chi connectivity index (χ0n) is 14.9. The molecule has 1 saturated carbocycles. The number of amides is 2. The lowest BCUT2D eigenvalue weighted by Gasteiger charge is -2.38. The Bertz CT molecular complexity index is 373. The third-order valence-corrected chi connectivity index (χ3v) is 6.13. The van der Waals surface area contributed by atoms with Gasteiger partial charge in [-0.15, -0.1) is 0 Å². The van der Waals surface area contributed by atoms with Crippen molar-refractivity contribution in [2.75, 3.05) is 32.7 Å². The quantitative estimate of drug-likeness (QED) is 0.864. The molecule has 1 aliphatic carbocycles. The minimum atomic E-state index is 0.203. The number of nitrogens with zero attached hydrogens (tertiary/aromatic N) is 2. The Balaban J connectivity index is 1.42. The highest BCUT2D eigenvalue weighted by Gasteiger charge is 2.27. The molecular formula is C19H35N3O. The van der Waals surface area contributed by atoms with E-state index < -0.39 is 0 Å². The number of hydrogen-bond donors (Lipinski definition) is 1. The summed E-state index contributed by atoms with van der Waals surface area (Å²) in [5, 5.41) is 3.29. The molecule has 2 heterocycles. The van der Waals surface area contributed by atoms with Crippen molar-refractivity contribution < 1.29 is 4.79 Å². The van der Waals surface area contributed by atoms with Gasteiger partial charge in [-0.25, -0.2) is 4.79 Å². The van der Waals surface area contributed by atoms with Crippen LogP contribution in [0.1, 0.15) is 64.7 Å². The molecule has 2 saturated heterocycles.